The highest BCUT2D eigenvalue weighted by Crippen LogP contribution is 2.18. The van der Waals surface area contributed by atoms with E-state index in [4.69, 9.17) is 16.9 Å². The molecule has 1 heterocycles. The molecule has 0 N–H and O–H groups in total. The van der Waals surface area contributed by atoms with E-state index in [2.05, 4.69) is 0 Å². The Morgan fingerprint density at radius 1 is 1.35 bits per heavy atom. The Labute approximate surface area is 104 Å². The van der Waals surface area contributed by atoms with Crippen LogP contribution in [0, 0.1) is 18.3 Å². The molecular weight excluding hydrogens is 236 g/mol. The Bertz CT molecular complexity index is 668. The van der Waals surface area contributed by atoms with E-state index in [-0.39, 0.29) is 11.1 Å². The van der Waals surface area contributed by atoms with E-state index in [9.17, 15) is 4.79 Å². The highest BCUT2D eigenvalue weighted by atomic mass is 35.5. The minimum absolute atomic E-state index is 0.115. The van der Waals surface area contributed by atoms with Crippen LogP contribution in [0.1, 0.15) is 11.1 Å². The number of nitriles is 1. The van der Waals surface area contributed by atoms with Gasteiger partial charge in [-0.25, -0.2) is 0 Å². The standard InChI is InChI=1S/C13H9ClN2O/c1-9-4-5-11(7-12(9)14)16-6-2-3-10(8-15)13(16)17/h2-7H,1H3. The molecule has 3 nitrogen and oxygen atoms in total. The molecule has 0 aliphatic rings. The second kappa shape index (κ2) is 4.44. The van der Waals surface area contributed by atoms with Gasteiger partial charge in [0.2, 0.25) is 0 Å². The molecule has 0 aliphatic heterocycles. The zero-order chi connectivity index (χ0) is 12.4. The summed E-state index contributed by atoms with van der Waals surface area (Å²) in [5, 5.41) is 9.39. The molecule has 2 rings (SSSR count). The summed E-state index contributed by atoms with van der Waals surface area (Å²) in [5.74, 6) is 0. The van der Waals surface area contributed by atoms with Gasteiger partial charge in [0.05, 0.1) is 5.69 Å². The third-order valence-electron chi connectivity index (χ3n) is 2.50. The SMILES string of the molecule is Cc1ccc(-n2cccc(C#N)c2=O)cc1Cl. The van der Waals surface area contributed by atoms with Gasteiger partial charge in [0.1, 0.15) is 11.6 Å². The van der Waals surface area contributed by atoms with E-state index >= 15 is 0 Å². The number of hydrogen-bond acceptors (Lipinski definition) is 2. The number of aryl methyl sites for hydroxylation is 1. The van der Waals surface area contributed by atoms with Gasteiger partial charge in [-0.2, -0.15) is 5.26 Å². The van der Waals surface area contributed by atoms with Crippen molar-refractivity contribution in [2.45, 2.75) is 6.92 Å². The molecule has 84 valence electrons. The van der Waals surface area contributed by atoms with Crippen LogP contribution in [-0.4, -0.2) is 4.57 Å². The number of halogens is 1. The Kier molecular flexibility index (Phi) is 2.99. The van der Waals surface area contributed by atoms with Crippen molar-refractivity contribution < 1.29 is 0 Å². The van der Waals surface area contributed by atoms with Crippen molar-refractivity contribution in [2.24, 2.45) is 0 Å². The van der Waals surface area contributed by atoms with E-state index in [1.54, 1.807) is 24.4 Å². The molecule has 1 aromatic heterocycles. The Balaban J connectivity index is 2.66. The minimum atomic E-state index is -0.338. The van der Waals surface area contributed by atoms with E-state index in [0.29, 0.717) is 10.7 Å². The largest absolute Gasteiger partial charge is 0.283 e. The van der Waals surface area contributed by atoms with Crippen molar-refractivity contribution in [1.29, 1.82) is 5.26 Å². The van der Waals surface area contributed by atoms with Gasteiger partial charge >= 0.3 is 0 Å². The lowest BCUT2D eigenvalue weighted by Crippen LogP contribution is -2.19. The zero-order valence-corrected chi connectivity index (χ0v) is 9.90. The normalized spacial score (nSPS) is 9.94. The van der Waals surface area contributed by atoms with Gasteiger partial charge in [0, 0.05) is 11.2 Å². The van der Waals surface area contributed by atoms with Crippen molar-refractivity contribution in [3.63, 3.8) is 0 Å². The molecule has 17 heavy (non-hydrogen) atoms. The van der Waals surface area contributed by atoms with E-state index in [0.717, 1.165) is 5.56 Å². The maximum atomic E-state index is 11.9. The summed E-state index contributed by atoms with van der Waals surface area (Å²) in [4.78, 5) is 11.9. The van der Waals surface area contributed by atoms with Gasteiger partial charge in [-0.05, 0) is 36.8 Å². The van der Waals surface area contributed by atoms with Crippen LogP contribution in [0.3, 0.4) is 0 Å². The predicted molar refractivity (Wildman–Crippen MR) is 66.5 cm³/mol. The maximum absolute atomic E-state index is 11.9. The first-order valence-corrected chi connectivity index (χ1v) is 5.39. The van der Waals surface area contributed by atoms with Crippen molar-refractivity contribution in [2.75, 3.05) is 0 Å². The molecular formula is C13H9ClN2O. The molecule has 0 saturated carbocycles. The average molecular weight is 245 g/mol. The second-order valence-corrected chi connectivity index (χ2v) is 4.05. The predicted octanol–water partition coefficient (Wildman–Crippen LogP) is 2.67. The fraction of sp³-hybridized carbons (Fsp3) is 0.0769. The Hall–Kier alpha value is -2.05. The van der Waals surface area contributed by atoms with Crippen LogP contribution in [0.2, 0.25) is 5.02 Å². The van der Waals surface area contributed by atoms with Crippen LogP contribution in [0.4, 0.5) is 0 Å². The summed E-state index contributed by atoms with van der Waals surface area (Å²) in [7, 11) is 0. The Morgan fingerprint density at radius 3 is 2.76 bits per heavy atom. The lowest BCUT2D eigenvalue weighted by Gasteiger charge is -2.07. The van der Waals surface area contributed by atoms with Gasteiger partial charge in [-0.15, -0.1) is 0 Å². The number of hydrogen-bond donors (Lipinski definition) is 0. The number of rotatable bonds is 1. The summed E-state index contributed by atoms with van der Waals surface area (Å²) in [6.07, 6.45) is 1.62. The van der Waals surface area contributed by atoms with Crippen LogP contribution in [0.15, 0.2) is 41.3 Å². The molecule has 2 aromatic rings. The molecule has 0 bridgehead atoms. The van der Waals surface area contributed by atoms with E-state index in [1.807, 2.05) is 19.1 Å². The molecule has 0 atom stereocenters. The molecule has 0 aliphatic carbocycles. The lowest BCUT2D eigenvalue weighted by atomic mass is 10.2. The third kappa shape index (κ3) is 2.08. The number of benzene rings is 1. The fourth-order valence-electron chi connectivity index (χ4n) is 1.51. The van der Waals surface area contributed by atoms with E-state index < -0.39 is 0 Å². The molecule has 0 fully saturated rings. The molecule has 0 amide bonds. The topological polar surface area (TPSA) is 45.8 Å². The highest BCUT2D eigenvalue weighted by molar-refractivity contribution is 6.31. The number of nitrogens with zero attached hydrogens (tertiary/aromatic N) is 2. The van der Waals surface area contributed by atoms with Gasteiger partial charge in [-0.1, -0.05) is 17.7 Å². The second-order valence-electron chi connectivity index (χ2n) is 3.64. The van der Waals surface area contributed by atoms with Crippen molar-refractivity contribution >= 4 is 11.6 Å². The summed E-state index contributed by atoms with van der Waals surface area (Å²) >= 11 is 6.01. The van der Waals surface area contributed by atoms with Crippen LogP contribution in [-0.2, 0) is 0 Å². The summed E-state index contributed by atoms with van der Waals surface area (Å²) in [5.41, 5.74) is 1.38. The molecule has 0 spiro atoms. The van der Waals surface area contributed by atoms with E-state index in [1.165, 1.54) is 10.6 Å². The monoisotopic (exact) mass is 244 g/mol. The summed E-state index contributed by atoms with van der Waals surface area (Å²) in [6, 6.07) is 10.4. The summed E-state index contributed by atoms with van der Waals surface area (Å²) < 4.78 is 1.41. The van der Waals surface area contributed by atoms with Crippen LogP contribution in [0.5, 0.6) is 0 Å². The average Bonchev–Trinajstić information content (AvgIpc) is 2.33. The molecule has 4 heteroatoms. The molecule has 0 radical (unpaired) electrons. The van der Waals surface area contributed by atoms with Crippen LogP contribution in [0.25, 0.3) is 5.69 Å². The van der Waals surface area contributed by atoms with Gasteiger partial charge in [-0.3, -0.25) is 9.36 Å². The van der Waals surface area contributed by atoms with Crippen molar-refractivity contribution in [3.8, 4) is 11.8 Å². The van der Waals surface area contributed by atoms with Crippen LogP contribution >= 0.6 is 11.6 Å². The van der Waals surface area contributed by atoms with Crippen molar-refractivity contribution in [1.82, 2.24) is 4.57 Å². The number of aromatic nitrogens is 1. The first-order valence-electron chi connectivity index (χ1n) is 5.02. The van der Waals surface area contributed by atoms with Crippen molar-refractivity contribution in [3.05, 3.63) is 63.0 Å². The smallest absolute Gasteiger partial charge is 0.272 e. The summed E-state index contributed by atoms with van der Waals surface area (Å²) in [6.45, 7) is 1.89. The van der Waals surface area contributed by atoms with Crippen LogP contribution < -0.4 is 5.56 Å². The first kappa shape index (κ1) is 11.4. The first-order chi connectivity index (χ1) is 8.13. The molecule has 0 saturated heterocycles. The lowest BCUT2D eigenvalue weighted by molar-refractivity contribution is 0.981. The molecule has 1 aromatic carbocycles. The van der Waals surface area contributed by atoms with Gasteiger partial charge in [0.15, 0.2) is 0 Å². The van der Waals surface area contributed by atoms with Gasteiger partial charge < -0.3 is 0 Å². The maximum Gasteiger partial charge on any atom is 0.272 e. The van der Waals surface area contributed by atoms with Gasteiger partial charge in [0.25, 0.3) is 5.56 Å². The Morgan fingerprint density at radius 2 is 2.12 bits per heavy atom. The zero-order valence-electron chi connectivity index (χ0n) is 9.14. The third-order valence-corrected chi connectivity index (χ3v) is 2.91. The minimum Gasteiger partial charge on any atom is -0.283 e. The number of pyridine rings is 1. The molecule has 0 unspecified atom stereocenters. The highest BCUT2D eigenvalue weighted by Gasteiger charge is 2.05. The fourth-order valence-corrected chi connectivity index (χ4v) is 1.69. The quantitative estimate of drug-likeness (QED) is 0.774.